The highest BCUT2D eigenvalue weighted by Gasteiger charge is 2.38. The van der Waals surface area contributed by atoms with E-state index in [4.69, 9.17) is 18.9 Å². The lowest BCUT2D eigenvalue weighted by Gasteiger charge is -2.31. The van der Waals surface area contributed by atoms with Gasteiger partial charge in [0.1, 0.15) is 29.4 Å². The first kappa shape index (κ1) is 27.5. The van der Waals surface area contributed by atoms with E-state index in [1.165, 1.54) is 7.11 Å². The van der Waals surface area contributed by atoms with Crippen molar-refractivity contribution in [2.24, 2.45) is 5.92 Å². The third-order valence-electron chi connectivity index (χ3n) is 5.03. The molecular weight excluding hydrogens is 452 g/mol. The summed E-state index contributed by atoms with van der Waals surface area (Å²) in [6.07, 6.45) is -0.0954. The number of esters is 1. The van der Waals surface area contributed by atoms with Crippen molar-refractivity contribution in [1.82, 2.24) is 5.32 Å². The van der Waals surface area contributed by atoms with E-state index in [-0.39, 0.29) is 6.61 Å². The lowest BCUT2D eigenvalue weighted by molar-refractivity contribution is -0.146. The number of hydrogen-bond donors (Lipinski definition) is 2. The summed E-state index contributed by atoms with van der Waals surface area (Å²) < 4.78 is 21.1. The summed E-state index contributed by atoms with van der Waals surface area (Å²) in [7, 11) is 3.09. The molecule has 2 rings (SSSR count). The third kappa shape index (κ3) is 8.20. The quantitative estimate of drug-likeness (QED) is 0.360. The number of methoxy groups -OCH3 is 2. The number of alkyl carbamates (subject to hydrolysis) is 1. The highest BCUT2D eigenvalue weighted by molar-refractivity contribution is 5.84. The summed E-state index contributed by atoms with van der Waals surface area (Å²) in [6.45, 7) is 7.01. The van der Waals surface area contributed by atoms with Crippen LogP contribution in [0.4, 0.5) is 10.5 Å². The van der Waals surface area contributed by atoms with Gasteiger partial charge >= 0.3 is 12.1 Å². The standard InChI is InChI=1S/C26H34N2O7/c1-7-34-24(30)23(27-18-10-14-20(33-6)15-11-18)21(16-29)22(28-25(31)35-26(2,3)4)17-8-12-19(32-5)13-9-17/h8-16,21-23,27H,7H2,1-6H3,(H,28,31)/t21-,22-,23+/m1/s1. The number of hydrogen-bond acceptors (Lipinski definition) is 8. The SMILES string of the molecule is CCOC(=O)[C@@H](Nc1ccc(OC)cc1)[C@H](C=O)[C@H](NC(=O)OC(C)(C)C)c1ccc(OC)cc1. The molecule has 0 bridgehead atoms. The first-order valence-corrected chi connectivity index (χ1v) is 11.3. The number of nitrogens with one attached hydrogen (secondary N) is 2. The van der Waals surface area contributed by atoms with Crippen molar-refractivity contribution < 1.29 is 33.3 Å². The fourth-order valence-corrected chi connectivity index (χ4v) is 3.41. The van der Waals surface area contributed by atoms with Gasteiger partial charge in [-0.1, -0.05) is 12.1 Å². The zero-order valence-electron chi connectivity index (χ0n) is 21.0. The molecule has 190 valence electrons. The fourth-order valence-electron chi connectivity index (χ4n) is 3.41. The Hall–Kier alpha value is -3.75. The molecular formula is C26H34N2O7. The van der Waals surface area contributed by atoms with E-state index >= 15 is 0 Å². The van der Waals surface area contributed by atoms with E-state index in [1.54, 1.807) is 83.3 Å². The fraction of sp³-hybridized carbons (Fsp3) is 0.423. The van der Waals surface area contributed by atoms with Gasteiger partial charge in [-0.15, -0.1) is 0 Å². The van der Waals surface area contributed by atoms with Crippen LogP contribution in [0.25, 0.3) is 0 Å². The Morgan fingerprint density at radius 3 is 1.94 bits per heavy atom. The average Bonchev–Trinajstić information content (AvgIpc) is 2.82. The molecule has 2 aromatic rings. The minimum Gasteiger partial charge on any atom is -0.497 e. The third-order valence-corrected chi connectivity index (χ3v) is 5.03. The monoisotopic (exact) mass is 486 g/mol. The van der Waals surface area contributed by atoms with Crippen molar-refractivity contribution in [3.05, 3.63) is 54.1 Å². The van der Waals surface area contributed by atoms with Gasteiger partial charge in [0.05, 0.1) is 32.8 Å². The molecule has 0 saturated carbocycles. The molecule has 2 N–H and O–H groups in total. The first-order valence-electron chi connectivity index (χ1n) is 11.3. The summed E-state index contributed by atoms with van der Waals surface area (Å²) in [5, 5.41) is 5.84. The lowest BCUT2D eigenvalue weighted by Crippen LogP contribution is -2.47. The van der Waals surface area contributed by atoms with Crippen molar-refractivity contribution >= 4 is 24.0 Å². The average molecular weight is 487 g/mol. The maximum atomic E-state index is 13.0. The van der Waals surface area contributed by atoms with E-state index < -0.39 is 35.7 Å². The van der Waals surface area contributed by atoms with Crippen LogP contribution in [0.1, 0.15) is 39.3 Å². The zero-order valence-corrected chi connectivity index (χ0v) is 21.0. The van der Waals surface area contributed by atoms with Crippen LogP contribution in [0.2, 0.25) is 0 Å². The molecule has 35 heavy (non-hydrogen) atoms. The predicted octanol–water partition coefficient (Wildman–Crippen LogP) is 4.13. The maximum absolute atomic E-state index is 13.0. The Labute approximate surface area is 206 Å². The molecule has 0 spiro atoms. The van der Waals surface area contributed by atoms with Crippen LogP contribution in [0.3, 0.4) is 0 Å². The van der Waals surface area contributed by atoms with Crippen molar-refractivity contribution in [1.29, 1.82) is 0 Å². The predicted molar refractivity (Wildman–Crippen MR) is 132 cm³/mol. The van der Waals surface area contributed by atoms with Gasteiger partial charge < -0.3 is 34.4 Å². The summed E-state index contributed by atoms with van der Waals surface area (Å²) in [4.78, 5) is 38.2. The second-order valence-electron chi connectivity index (χ2n) is 8.71. The highest BCUT2D eigenvalue weighted by Crippen LogP contribution is 2.29. The van der Waals surface area contributed by atoms with Crippen molar-refractivity contribution in [2.75, 3.05) is 26.1 Å². The summed E-state index contributed by atoms with van der Waals surface area (Å²) >= 11 is 0. The molecule has 3 atom stereocenters. The Morgan fingerprint density at radius 2 is 1.49 bits per heavy atom. The number of carbonyl (C=O) groups excluding carboxylic acids is 3. The van der Waals surface area contributed by atoms with Gasteiger partial charge in [0, 0.05) is 5.69 Å². The maximum Gasteiger partial charge on any atom is 0.408 e. The molecule has 0 fully saturated rings. The molecule has 1 amide bonds. The number of carbonyl (C=O) groups is 3. The second kappa shape index (κ2) is 12.6. The van der Waals surface area contributed by atoms with Crippen molar-refractivity contribution in [2.45, 2.75) is 45.4 Å². The Bertz CT molecular complexity index is 969. The Balaban J connectivity index is 2.48. The lowest BCUT2D eigenvalue weighted by atomic mass is 9.87. The van der Waals surface area contributed by atoms with Crippen LogP contribution in [0, 0.1) is 5.92 Å². The minimum absolute atomic E-state index is 0.123. The minimum atomic E-state index is -1.11. The molecule has 9 heteroatoms. The second-order valence-corrected chi connectivity index (χ2v) is 8.71. The zero-order chi connectivity index (χ0) is 26.0. The van der Waals surface area contributed by atoms with Crippen LogP contribution in [0.15, 0.2) is 48.5 Å². The van der Waals surface area contributed by atoms with E-state index in [2.05, 4.69) is 10.6 Å². The number of rotatable bonds is 11. The van der Waals surface area contributed by atoms with Gasteiger partial charge in [-0.3, -0.25) is 0 Å². The molecule has 0 aliphatic carbocycles. The first-order chi connectivity index (χ1) is 16.6. The van der Waals surface area contributed by atoms with Crippen LogP contribution < -0.4 is 20.1 Å². The molecule has 2 aromatic carbocycles. The van der Waals surface area contributed by atoms with Gasteiger partial charge in [0.25, 0.3) is 0 Å². The molecule has 0 aliphatic heterocycles. The number of amides is 1. The number of benzene rings is 2. The largest absolute Gasteiger partial charge is 0.497 e. The van der Waals surface area contributed by atoms with E-state index in [9.17, 15) is 14.4 Å². The molecule has 0 aromatic heterocycles. The van der Waals surface area contributed by atoms with Gasteiger partial charge in [0.15, 0.2) is 0 Å². The van der Waals surface area contributed by atoms with Crippen LogP contribution in [0.5, 0.6) is 11.5 Å². The van der Waals surface area contributed by atoms with E-state index in [1.807, 2.05) is 0 Å². The number of anilines is 1. The van der Waals surface area contributed by atoms with E-state index in [0.29, 0.717) is 29.0 Å². The summed E-state index contributed by atoms with van der Waals surface area (Å²) in [5.74, 6) is -0.439. The topological polar surface area (TPSA) is 112 Å². The van der Waals surface area contributed by atoms with Crippen LogP contribution in [-0.2, 0) is 19.1 Å². The molecule has 9 nitrogen and oxygen atoms in total. The Morgan fingerprint density at radius 1 is 0.943 bits per heavy atom. The summed E-state index contributed by atoms with van der Waals surface area (Å²) in [5.41, 5.74) is 0.397. The molecule has 0 aliphatic rings. The molecule has 0 heterocycles. The van der Waals surface area contributed by atoms with Gasteiger partial charge in [-0.25, -0.2) is 9.59 Å². The van der Waals surface area contributed by atoms with Gasteiger partial charge in [0.2, 0.25) is 0 Å². The number of ether oxygens (including phenoxy) is 4. The van der Waals surface area contributed by atoms with Crippen LogP contribution >= 0.6 is 0 Å². The number of aldehydes is 1. The molecule has 0 saturated heterocycles. The van der Waals surface area contributed by atoms with Crippen molar-refractivity contribution in [3.8, 4) is 11.5 Å². The van der Waals surface area contributed by atoms with Crippen LogP contribution in [-0.4, -0.2) is 50.8 Å². The molecule has 0 radical (unpaired) electrons. The van der Waals surface area contributed by atoms with Crippen molar-refractivity contribution in [3.63, 3.8) is 0 Å². The normalized spacial score (nSPS) is 13.5. The smallest absolute Gasteiger partial charge is 0.408 e. The molecule has 0 unspecified atom stereocenters. The van der Waals surface area contributed by atoms with Gasteiger partial charge in [-0.2, -0.15) is 0 Å². The van der Waals surface area contributed by atoms with E-state index in [0.717, 1.165) is 0 Å². The van der Waals surface area contributed by atoms with Gasteiger partial charge in [-0.05, 0) is 69.7 Å². The Kier molecular flexibility index (Phi) is 9.93. The highest BCUT2D eigenvalue weighted by atomic mass is 16.6. The summed E-state index contributed by atoms with van der Waals surface area (Å²) in [6, 6.07) is 11.7.